The minimum Gasteiger partial charge on any atom is -0.489 e. The lowest BCUT2D eigenvalue weighted by Crippen LogP contribution is -2.29. The first-order valence-electron chi connectivity index (χ1n) is 9.71. The van der Waals surface area contributed by atoms with Crippen LogP contribution in [-0.4, -0.2) is 24.5 Å². The van der Waals surface area contributed by atoms with Gasteiger partial charge in [0.05, 0.1) is 17.7 Å². The number of aryl methyl sites for hydroxylation is 3. The first kappa shape index (κ1) is 19.9. The van der Waals surface area contributed by atoms with Gasteiger partial charge in [-0.05, 0) is 57.9 Å². The summed E-state index contributed by atoms with van der Waals surface area (Å²) in [5.41, 5.74) is 4.78. The summed E-state index contributed by atoms with van der Waals surface area (Å²) in [6.07, 6.45) is 0.205. The Morgan fingerprint density at radius 1 is 1.14 bits per heavy atom. The first-order valence-corrected chi connectivity index (χ1v) is 9.71. The van der Waals surface area contributed by atoms with Crippen molar-refractivity contribution < 1.29 is 14.3 Å². The number of anilines is 2. The van der Waals surface area contributed by atoms with Crippen LogP contribution in [0.25, 0.3) is 0 Å². The normalized spacial score (nSPS) is 16.6. The highest BCUT2D eigenvalue weighted by Crippen LogP contribution is 2.34. The Morgan fingerprint density at radius 2 is 1.79 bits per heavy atom. The van der Waals surface area contributed by atoms with Crippen LogP contribution in [0, 0.1) is 26.7 Å². The van der Waals surface area contributed by atoms with E-state index in [2.05, 4.69) is 5.32 Å². The van der Waals surface area contributed by atoms with Crippen LogP contribution >= 0.6 is 0 Å². The highest BCUT2D eigenvalue weighted by molar-refractivity contribution is 6.04. The quantitative estimate of drug-likeness (QED) is 0.837. The molecular weight excluding hydrogens is 352 g/mol. The Labute approximate surface area is 166 Å². The van der Waals surface area contributed by atoms with Crippen molar-refractivity contribution in [2.24, 2.45) is 5.92 Å². The average Bonchev–Trinajstić information content (AvgIpc) is 2.99. The van der Waals surface area contributed by atoms with Gasteiger partial charge in [0.2, 0.25) is 11.8 Å². The fraction of sp³-hybridized carbons (Fsp3) is 0.391. The van der Waals surface area contributed by atoms with Gasteiger partial charge < -0.3 is 15.0 Å². The molecule has 1 aliphatic rings. The first-order chi connectivity index (χ1) is 13.3. The highest BCUT2D eigenvalue weighted by atomic mass is 16.5. The molecule has 0 saturated carbocycles. The molecule has 0 aliphatic carbocycles. The second-order valence-corrected chi connectivity index (χ2v) is 7.80. The maximum absolute atomic E-state index is 12.9. The second kappa shape index (κ2) is 8.05. The Kier molecular flexibility index (Phi) is 5.73. The van der Waals surface area contributed by atoms with Crippen LogP contribution in [0.1, 0.15) is 37.0 Å². The van der Waals surface area contributed by atoms with Gasteiger partial charge in [-0.2, -0.15) is 0 Å². The summed E-state index contributed by atoms with van der Waals surface area (Å²) >= 11 is 0. The van der Waals surface area contributed by atoms with Gasteiger partial charge in [-0.25, -0.2) is 0 Å². The molecule has 2 amide bonds. The fourth-order valence-electron chi connectivity index (χ4n) is 3.75. The van der Waals surface area contributed by atoms with Crippen molar-refractivity contribution in [3.8, 4) is 5.75 Å². The summed E-state index contributed by atoms with van der Waals surface area (Å²) in [6.45, 7) is 10.3. The van der Waals surface area contributed by atoms with Crippen LogP contribution in [0.15, 0.2) is 36.4 Å². The Morgan fingerprint density at radius 3 is 2.43 bits per heavy atom. The van der Waals surface area contributed by atoms with Crippen LogP contribution < -0.4 is 15.0 Å². The van der Waals surface area contributed by atoms with E-state index in [-0.39, 0.29) is 30.3 Å². The van der Waals surface area contributed by atoms with Crippen LogP contribution in [0.5, 0.6) is 5.75 Å². The summed E-state index contributed by atoms with van der Waals surface area (Å²) in [4.78, 5) is 27.2. The van der Waals surface area contributed by atoms with Crippen molar-refractivity contribution in [2.45, 2.75) is 47.1 Å². The van der Waals surface area contributed by atoms with Gasteiger partial charge in [0, 0.05) is 18.7 Å². The molecular formula is C23H28N2O3. The molecule has 1 atom stereocenters. The molecule has 148 valence electrons. The average molecular weight is 380 g/mol. The number of nitrogens with zero attached hydrogens (tertiary/aromatic N) is 1. The summed E-state index contributed by atoms with van der Waals surface area (Å²) in [6, 6.07) is 11.6. The fourth-order valence-corrected chi connectivity index (χ4v) is 3.75. The third-order valence-electron chi connectivity index (χ3n) is 4.94. The predicted octanol–water partition coefficient (Wildman–Crippen LogP) is 4.39. The number of benzene rings is 2. The van der Waals surface area contributed by atoms with Crippen molar-refractivity contribution in [1.82, 2.24) is 0 Å². The molecule has 1 N–H and O–H groups in total. The van der Waals surface area contributed by atoms with E-state index in [1.165, 1.54) is 0 Å². The van der Waals surface area contributed by atoms with Gasteiger partial charge in [0.15, 0.2) is 0 Å². The molecule has 1 unspecified atom stereocenters. The molecule has 0 radical (unpaired) electrons. The molecule has 1 heterocycles. The number of hydrogen-bond acceptors (Lipinski definition) is 3. The number of nitrogens with one attached hydrogen (secondary N) is 1. The van der Waals surface area contributed by atoms with Crippen molar-refractivity contribution in [3.63, 3.8) is 0 Å². The van der Waals surface area contributed by atoms with Crippen molar-refractivity contribution >= 4 is 23.2 Å². The number of hydrogen-bond donors (Lipinski definition) is 1. The summed E-state index contributed by atoms with van der Waals surface area (Å²) in [7, 11) is 0. The third-order valence-corrected chi connectivity index (χ3v) is 4.94. The standard InChI is InChI=1S/C23H28N2O3/c1-14(2)28-20-9-7-6-8-19(20)25-13-18(12-21(25)26)23(27)24-22-16(4)10-15(3)11-17(22)5/h6-11,14,18H,12-13H2,1-5H3,(H,24,27). The number of carbonyl (C=O) groups is 2. The lowest BCUT2D eigenvalue weighted by Gasteiger charge is -2.22. The predicted molar refractivity (Wildman–Crippen MR) is 112 cm³/mol. The Hall–Kier alpha value is -2.82. The summed E-state index contributed by atoms with van der Waals surface area (Å²) in [5, 5.41) is 3.04. The molecule has 0 spiro atoms. The molecule has 1 aliphatic heterocycles. The van der Waals surface area contributed by atoms with E-state index in [0.29, 0.717) is 12.3 Å². The summed E-state index contributed by atoms with van der Waals surface area (Å²) in [5.74, 6) is 0.0994. The number of para-hydroxylation sites is 2. The number of carbonyl (C=O) groups excluding carboxylic acids is 2. The molecule has 2 aromatic carbocycles. The molecule has 2 aromatic rings. The molecule has 5 nitrogen and oxygen atoms in total. The Balaban J connectivity index is 1.77. The van der Waals surface area contributed by atoms with E-state index in [4.69, 9.17) is 4.74 Å². The molecule has 0 bridgehead atoms. The molecule has 28 heavy (non-hydrogen) atoms. The van der Waals surface area contributed by atoms with E-state index in [1.807, 2.05) is 71.0 Å². The zero-order valence-corrected chi connectivity index (χ0v) is 17.2. The zero-order valence-electron chi connectivity index (χ0n) is 17.2. The van der Waals surface area contributed by atoms with Crippen LogP contribution in [-0.2, 0) is 9.59 Å². The number of rotatable bonds is 5. The van der Waals surface area contributed by atoms with Gasteiger partial charge in [0.25, 0.3) is 0 Å². The largest absolute Gasteiger partial charge is 0.489 e. The van der Waals surface area contributed by atoms with Gasteiger partial charge in [-0.1, -0.05) is 29.8 Å². The van der Waals surface area contributed by atoms with Crippen molar-refractivity contribution in [3.05, 3.63) is 53.1 Å². The summed E-state index contributed by atoms with van der Waals surface area (Å²) < 4.78 is 5.85. The van der Waals surface area contributed by atoms with Crippen LogP contribution in [0.2, 0.25) is 0 Å². The Bertz CT molecular complexity index is 881. The molecule has 5 heteroatoms. The number of amides is 2. The van der Waals surface area contributed by atoms with Crippen molar-refractivity contribution in [1.29, 1.82) is 0 Å². The monoisotopic (exact) mass is 380 g/mol. The third kappa shape index (κ3) is 4.19. The second-order valence-electron chi connectivity index (χ2n) is 7.80. The molecule has 0 aromatic heterocycles. The van der Waals surface area contributed by atoms with Gasteiger partial charge in [-0.15, -0.1) is 0 Å². The number of ether oxygens (including phenoxy) is 1. The lowest BCUT2D eigenvalue weighted by molar-refractivity contribution is -0.122. The molecule has 3 rings (SSSR count). The maximum atomic E-state index is 12.9. The van der Waals surface area contributed by atoms with Gasteiger partial charge >= 0.3 is 0 Å². The topological polar surface area (TPSA) is 58.6 Å². The smallest absolute Gasteiger partial charge is 0.229 e. The van der Waals surface area contributed by atoms with E-state index >= 15 is 0 Å². The van der Waals surface area contributed by atoms with E-state index in [0.717, 1.165) is 28.1 Å². The van der Waals surface area contributed by atoms with Gasteiger partial charge in [-0.3, -0.25) is 9.59 Å². The lowest BCUT2D eigenvalue weighted by atomic mass is 10.0. The van der Waals surface area contributed by atoms with Crippen LogP contribution in [0.3, 0.4) is 0 Å². The van der Waals surface area contributed by atoms with E-state index < -0.39 is 0 Å². The zero-order chi connectivity index (χ0) is 20.4. The van der Waals surface area contributed by atoms with Crippen molar-refractivity contribution in [2.75, 3.05) is 16.8 Å². The van der Waals surface area contributed by atoms with Crippen LogP contribution in [0.4, 0.5) is 11.4 Å². The van der Waals surface area contributed by atoms with E-state index in [1.54, 1.807) is 4.90 Å². The highest BCUT2D eigenvalue weighted by Gasteiger charge is 2.36. The van der Waals surface area contributed by atoms with Gasteiger partial charge in [0.1, 0.15) is 5.75 Å². The SMILES string of the molecule is Cc1cc(C)c(NC(=O)C2CC(=O)N(c3ccccc3OC(C)C)C2)c(C)c1. The minimum atomic E-state index is -0.389. The molecule has 1 saturated heterocycles. The maximum Gasteiger partial charge on any atom is 0.229 e. The van der Waals surface area contributed by atoms with E-state index in [9.17, 15) is 9.59 Å². The molecule has 1 fully saturated rings. The minimum absolute atomic E-state index is 0.00504.